The van der Waals surface area contributed by atoms with Crippen molar-refractivity contribution in [2.75, 3.05) is 24.7 Å². The lowest BCUT2D eigenvalue weighted by molar-refractivity contribution is -0.122. The Morgan fingerprint density at radius 2 is 2.00 bits per heavy atom. The van der Waals surface area contributed by atoms with E-state index in [1.807, 2.05) is 30.3 Å². The smallest absolute Gasteiger partial charge is 0.246 e. The minimum atomic E-state index is -0.838. The highest BCUT2D eigenvalue weighted by Crippen LogP contribution is 2.53. The fourth-order valence-electron chi connectivity index (χ4n) is 4.47. The molecule has 0 fully saturated rings. The quantitative estimate of drug-likeness (QED) is 0.801. The highest BCUT2D eigenvalue weighted by atomic mass is 16.5. The molecule has 0 aromatic heterocycles. The SMILES string of the molecule is N/C=C\C(=C/N)CN1C(=O)C2(COc3cc4c(cc32)CCO4)c2ccccc21. The Bertz CT molecular complexity index is 1040. The van der Waals surface area contributed by atoms with E-state index in [0.717, 1.165) is 45.9 Å². The van der Waals surface area contributed by atoms with Crippen molar-refractivity contribution in [2.45, 2.75) is 11.8 Å². The van der Waals surface area contributed by atoms with Crippen molar-refractivity contribution < 1.29 is 14.3 Å². The molecule has 6 heteroatoms. The third kappa shape index (κ3) is 2.11. The standard InChI is InChI=1S/C22H21N3O3/c23-7-5-14(11-24)12-25-18-4-2-1-3-16(18)22(21(25)26)13-28-20-10-19-15(6-8-27-19)9-17(20)22/h1-5,7,9-11H,6,8,12-13,23-24H2/b7-5-,14-11+. The maximum absolute atomic E-state index is 13.8. The third-order valence-electron chi connectivity index (χ3n) is 5.83. The molecule has 6 nitrogen and oxygen atoms in total. The monoisotopic (exact) mass is 375 g/mol. The van der Waals surface area contributed by atoms with Crippen LogP contribution < -0.4 is 25.8 Å². The number of hydrogen-bond donors (Lipinski definition) is 2. The van der Waals surface area contributed by atoms with E-state index in [2.05, 4.69) is 6.07 Å². The van der Waals surface area contributed by atoms with Crippen LogP contribution in [0, 0.1) is 0 Å². The normalized spacial score (nSPS) is 22.4. The first-order valence-electron chi connectivity index (χ1n) is 9.32. The molecule has 0 bridgehead atoms. The second-order valence-electron chi connectivity index (χ2n) is 7.26. The lowest BCUT2D eigenvalue weighted by Gasteiger charge is -2.23. The van der Waals surface area contributed by atoms with Gasteiger partial charge in [0.2, 0.25) is 5.91 Å². The Hall–Kier alpha value is -3.41. The van der Waals surface area contributed by atoms with Gasteiger partial charge in [-0.1, -0.05) is 18.2 Å². The topological polar surface area (TPSA) is 90.8 Å². The predicted octanol–water partition coefficient (Wildman–Crippen LogP) is 1.96. The van der Waals surface area contributed by atoms with Crippen LogP contribution in [0.2, 0.25) is 0 Å². The summed E-state index contributed by atoms with van der Waals surface area (Å²) >= 11 is 0. The second kappa shape index (κ2) is 6.05. The van der Waals surface area contributed by atoms with Gasteiger partial charge < -0.3 is 25.8 Å². The van der Waals surface area contributed by atoms with Crippen molar-refractivity contribution in [2.24, 2.45) is 11.5 Å². The fourth-order valence-corrected chi connectivity index (χ4v) is 4.47. The third-order valence-corrected chi connectivity index (χ3v) is 5.83. The number of nitrogens with zero attached hydrogens (tertiary/aromatic N) is 1. The van der Waals surface area contributed by atoms with Gasteiger partial charge in [-0.15, -0.1) is 0 Å². The summed E-state index contributed by atoms with van der Waals surface area (Å²) in [6.45, 7) is 1.30. The molecule has 2 aromatic rings. The van der Waals surface area contributed by atoms with Gasteiger partial charge in [-0.05, 0) is 47.3 Å². The van der Waals surface area contributed by atoms with E-state index in [0.29, 0.717) is 13.2 Å². The zero-order valence-electron chi connectivity index (χ0n) is 15.4. The highest BCUT2D eigenvalue weighted by Gasteiger charge is 2.57. The molecule has 5 rings (SSSR count). The molecule has 4 N–H and O–H groups in total. The van der Waals surface area contributed by atoms with Gasteiger partial charge in [0.05, 0.1) is 13.2 Å². The zero-order chi connectivity index (χ0) is 19.3. The Labute approximate surface area is 163 Å². The Morgan fingerprint density at radius 3 is 2.82 bits per heavy atom. The Morgan fingerprint density at radius 1 is 1.14 bits per heavy atom. The van der Waals surface area contributed by atoms with Crippen molar-refractivity contribution in [3.05, 3.63) is 77.1 Å². The molecule has 2 aromatic carbocycles. The number of rotatable bonds is 3. The average Bonchev–Trinajstić information content (AvgIpc) is 3.38. The van der Waals surface area contributed by atoms with Crippen molar-refractivity contribution in [1.82, 2.24) is 0 Å². The minimum absolute atomic E-state index is 0.00362. The Balaban J connectivity index is 1.66. The van der Waals surface area contributed by atoms with E-state index in [1.165, 1.54) is 12.4 Å². The molecule has 1 amide bonds. The molecule has 0 radical (unpaired) electrons. The van der Waals surface area contributed by atoms with Gasteiger partial charge in [-0.25, -0.2) is 0 Å². The number of ether oxygens (including phenoxy) is 2. The molecular formula is C22H21N3O3. The number of carbonyl (C=O) groups is 1. The van der Waals surface area contributed by atoms with Crippen LogP contribution in [0.5, 0.6) is 11.5 Å². The number of para-hydroxylation sites is 1. The lowest BCUT2D eigenvalue weighted by Crippen LogP contribution is -2.43. The van der Waals surface area contributed by atoms with E-state index >= 15 is 0 Å². The van der Waals surface area contributed by atoms with Gasteiger partial charge >= 0.3 is 0 Å². The molecule has 0 saturated heterocycles. The molecule has 142 valence electrons. The molecule has 28 heavy (non-hydrogen) atoms. The summed E-state index contributed by atoms with van der Waals surface area (Å²) in [5, 5.41) is 0. The number of hydrogen-bond acceptors (Lipinski definition) is 5. The van der Waals surface area contributed by atoms with Gasteiger partial charge in [-0.3, -0.25) is 4.79 Å². The first-order valence-corrected chi connectivity index (χ1v) is 9.32. The van der Waals surface area contributed by atoms with Gasteiger partial charge in [-0.2, -0.15) is 0 Å². The molecular weight excluding hydrogens is 354 g/mol. The number of amides is 1. The number of anilines is 1. The van der Waals surface area contributed by atoms with Crippen LogP contribution in [-0.2, 0) is 16.6 Å². The van der Waals surface area contributed by atoms with Crippen LogP contribution >= 0.6 is 0 Å². The summed E-state index contributed by atoms with van der Waals surface area (Å²) in [7, 11) is 0. The summed E-state index contributed by atoms with van der Waals surface area (Å²) < 4.78 is 11.7. The van der Waals surface area contributed by atoms with Gasteiger partial charge in [0.25, 0.3) is 0 Å². The summed E-state index contributed by atoms with van der Waals surface area (Å²) in [5.41, 5.74) is 15.1. The van der Waals surface area contributed by atoms with Crippen LogP contribution in [0.1, 0.15) is 16.7 Å². The fraction of sp³-hybridized carbons (Fsp3) is 0.227. The van der Waals surface area contributed by atoms with Crippen LogP contribution in [0.15, 0.2) is 60.4 Å². The van der Waals surface area contributed by atoms with Gasteiger partial charge in [0.15, 0.2) is 0 Å². The van der Waals surface area contributed by atoms with Crippen molar-refractivity contribution in [3.63, 3.8) is 0 Å². The molecule has 1 spiro atoms. The maximum atomic E-state index is 13.8. The second-order valence-corrected chi connectivity index (χ2v) is 7.26. The summed E-state index contributed by atoms with van der Waals surface area (Å²) in [6.07, 6.45) is 5.47. The summed E-state index contributed by atoms with van der Waals surface area (Å²) in [6, 6.07) is 11.9. The van der Waals surface area contributed by atoms with Crippen LogP contribution in [0.3, 0.4) is 0 Å². The molecule has 3 heterocycles. The van der Waals surface area contributed by atoms with Gasteiger partial charge in [0, 0.05) is 23.7 Å². The Kier molecular flexibility index (Phi) is 3.62. The van der Waals surface area contributed by atoms with Crippen LogP contribution in [0.4, 0.5) is 5.69 Å². The van der Waals surface area contributed by atoms with E-state index in [-0.39, 0.29) is 12.5 Å². The largest absolute Gasteiger partial charge is 0.493 e. The average molecular weight is 375 g/mol. The summed E-state index contributed by atoms with van der Waals surface area (Å²) in [4.78, 5) is 15.6. The molecule has 3 aliphatic heterocycles. The molecule has 0 saturated carbocycles. The van der Waals surface area contributed by atoms with E-state index in [1.54, 1.807) is 11.0 Å². The molecule has 0 aliphatic carbocycles. The predicted molar refractivity (Wildman–Crippen MR) is 106 cm³/mol. The number of nitrogens with two attached hydrogens (primary N) is 2. The van der Waals surface area contributed by atoms with Crippen molar-refractivity contribution in [1.29, 1.82) is 0 Å². The van der Waals surface area contributed by atoms with E-state index in [9.17, 15) is 4.79 Å². The number of carbonyl (C=O) groups excluding carboxylic acids is 1. The number of benzene rings is 2. The first kappa shape index (κ1) is 16.7. The zero-order valence-corrected chi connectivity index (χ0v) is 15.4. The molecule has 1 atom stereocenters. The van der Waals surface area contributed by atoms with E-state index in [4.69, 9.17) is 20.9 Å². The minimum Gasteiger partial charge on any atom is -0.493 e. The lowest BCUT2D eigenvalue weighted by atomic mass is 9.76. The van der Waals surface area contributed by atoms with Crippen LogP contribution in [-0.4, -0.2) is 25.7 Å². The van der Waals surface area contributed by atoms with Crippen LogP contribution in [0.25, 0.3) is 0 Å². The summed E-state index contributed by atoms with van der Waals surface area (Å²) in [5.74, 6) is 1.58. The number of fused-ring (bicyclic) bond motifs is 5. The van der Waals surface area contributed by atoms with Gasteiger partial charge in [0.1, 0.15) is 23.5 Å². The van der Waals surface area contributed by atoms with Crippen molar-refractivity contribution >= 4 is 11.6 Å². The maximum Gasteiger partial charge on any atom is 0.246 e. The molecule has 3 aliphatic rings. The molecule has 1 unspecified atom stereocenters. The highest BCUT2D eigenvalue weighted by molar-refractivity contribution is 6.11. The first-order chi connectivity index (χ1) is 13.7. The van der Waals surface area contributed by atoms with Crippen molar-refractivity contribution in [3.8, 4) is 11.5 Å². The van der Waals surface area contributed by atoms with E-state index < -0.39 is 5.41 Å².